The average Bonchev–Trinajstić information content (AvgIpc) is 2.86. The van der Waals surface area contributed by atoms with E-state index in [0.717, 1.165) is 38.4 Å². The van der Waals surface area contributed by atoms with E-state index in [1.54, 1.807) is 0 Å². The van der Waals surface area contributed by atoms with E-state index in [0.29, 0.717) is 18.1 Å². The van der Waals surface area contributed by atoms with Crippen LogP contribution in [0.5, 0.6) is 0 Å². The summed E-state index contributed by atoms with van der Waals surface area (Å²) in [7, 11) is 0. The Morgan fingerprint density at radius 1 is 1.19 bits per heavy atom. The lowest BCUT2D eigenvalue weighted by Gasteiger charge is -2.29. The molecule has 21 heavy (non-hydrogen) atoms. The minimum absolute atomic E-state index is 0. The van der Waals surface area contributed by atoms with Crippen LogP contribution in [-0.2, 0) is 0 Å². The lowest BCUT2D eigenvalue weighted by atomic mass is 10.2. The predicted octanol–water partition coefficient (Wildman–Crippen LogP) is 3.00. The van der Waals surface area contributed by atoms with Crippen molar-refractivity contribution in [2.24, 2.45) is 4.99 Å². The van der Waals surface area contributed by atoms with Crippen molar-refractivity contribution >= 4 is 29.9 Å². The van der Waals surface area contributed by atoms with Crippen LogP contribution in [0.15, 0.2) is 17.1 Å². The maximum Gasteiger partial charge on any atom is 0.191 e. The molecule has 0 unspecified atom stereocenters. The Labute approximate surface area is 147 Å². The van der Waals surface area contributed by atoms with E-state index in [1.165, 1.54) is 0 Å². The smallest absolute Gasteiger partial charge is 0.191 e. The lowest BCUT2D eigenvalue weighted by Crippen LogP contribution is -2.43. The summed E-state index contributed by atoms with van der Waals surface area (Å²) in [6.45, 7) is 13.9. The highest BCUT2D eigenvalue weighted by Crippen LogP contribution is 2.08. The lowest BCUT2D eigenvalue weighted by molar-refractivity contribution is 0.181. The molecule has 0 aliphatic heterocycles. The van der Waals surface area contributed by atoms with Crippen molar-refractivity contribution in [2.75, 3.05) is 19.6 Å². The van der Waals surface area contributed by atoms with Crippen molar-refractivity contribution in [3.8, 4) is 0 Å². The zero-order valence-corrected chi connectivity index (χ0v) is 16.6. The monoisotopic (exact) mass is 408 g/mol. The van der Waals surface area contributed by atoms with Gasteiger partial charge >= 0.3 is 0 Å². The second-order valence-corrected chi connectivity index (χ2v) is 5.97. The number of hydrogen-bond donors (Lipinski definition) is 2. The predicted molar refractivity (Wildman–Crippen MR) is 104 cm³/mol. The van der Waals surface area contributed by atoms with E-state index in [4.69, 9.17) is 4.99 Å². The fourth-order valence-electron chi connectivity index (χ4n) is 2.64. The Morgan fingerprint density at radius 3 is 2.24 bits per heavy atom. The summed E-state index contributed by atoms with van der Waals surface area (Å²) in [6.07, 6.45) is 6.68. The van der Waals surface area contributed by atoms with E-state index in [-0.39, 0.29) is 24.0 Å². The molecule has 2 N–H and O–H groups in total. The van der Waals surface area contributed by atoms with Crippen molar-refractivity contribution in [1.82, 2.24) is 15.5 Å². The number of guanidine groups is 1. The number of nitrogens with zero attached hydrogens (tertiary/aromatic N) is 2. The number of aliphatic imine (C=N–C) groups is 1. The summed E-state index contributed by atoms with van der Waals surface area (Å²) in [4.78, 5) is 7.18. The van der Waals surface area contributed by atoms with Crippen molar-refractivity contribution in [2.45, 2.75) is 65.6 Å². The van der Waals surface area contributed by atoms with E-state index in [1.807, 2.05) is 0 Å². The Balaban J connectivity index is 0.00000400. The van der Waals surface area contributed by atoms with E-state index >= 15 is 0 Å². The summed E-state index contributed by atoms with van der Waals surface area (Å²) in [5.74, 6) is 0.952. The van der Waals surface area contributed by atoms with Crippen LogP contribution in [0.1, 0.15) is 47.5 Å². The van der Waals surface area contributed by atoms with Gasteiger partial charge in [-0.3, -0.25) is 9.89 Å². The molecule has 0 radical (unpaired) electrons. The molecule has 0 fully saturated rings. The van der Waals surface area contributed by atoms with Crippen LogP contribution in [0.3, 0.4) is 0 Å². The maximum absolute atomic E-state index is 4.71. The quantitative estimate of drug-likeness (QED) is 0.295. The topological polar surface area (TPSA) is 39.7 Å². The van der Waals surface area contributed by atoms with Gasteiger partial charge in [0.05, 0.1) is 6.54 Å². The average molecular weight is 408 g/mol. The van der Waals surface area contributed by atoms with Crippen LogP contribution in [0, 0.1) is 0 Å². The van der Waals surface area contributed by atoms with Crippen molar-refractivity contribution in [1.29, 1.82) is 0 Å². The summed E-state index contributed by atoms with van der Waals surface area (Å²) in [5.41, 5.74) is 0. The summed E-state index contributed by atoms with van der Waals surface area (Å²) >= 11 is 0. The molecule has 1 aliphatic carbocycles. The second-order valence-electron chi connectivity index (χ2n) is 5.97. The molecule has 0 saturated heterocycles. The Bertz CT molecular complexity index is 310. The number of halogens is 1. The maximum atomic E-state index is 4.71. The molecule has 0 amide bonds. The largest absolute Gasteiger partial charge is 0.357 e. The van der Waals surface area contributed by atoms with Gasteiger partial charge in [0, 0.05) is 31.2 Å². The highest BCUT2D eigenvalue weighted by atomic mass is 127. The van der Waals surface area contributed by atoms with Crippen molar-refractivity contribution in [3.63, 3.8) is 0 Å². The molecular formula is C16H33IN4. The molecule has 0 aromatic rings. The van der Waals surface area contributed by atoms with Crippen molar-refractivity contribution < 1.29 is 0 Å². The first-order valence-corrected chi connectivity index (χ1v) is 8.00. The van der Waals surface area contributed by atoms with Gasteiger partial charge in [-0.05, 0) is 47.5 Å². The third kappa shape index (κ3) is 8.04. The van der Waals surface area contributed by atoms with Crippen LogP contribution in [0.2, 0.25) is 0 Å². The molecule has 0 aromatic carbocycles. The number of hydrogen-bond acceptors (Lipinski definition) is 2. The number of rotatable bonds is 7. The highest BCUT2D eigenvalue weighted by Gasteiger charge is 2.13. The Hall–Kier alpha value is -0.300. The molecule has 5 heteroatoms. The van der Waals surface area contributed by atoms with Crippen LogP contribution in [-0.4, -0.2) is 48.6 Å². The molecule has 0 spiro atoms. The van der Waals surface area contributed by atoms with Gasteiger partial charge in [-0.1, -0.05) is 12.2 Å². The van der Waals surface area contributed by atoms with Gasteiger partial charge in [-0.15, -0.1) is 24.0 Å². The SMILES string of the molecule is CCNC(=NCCN(C(C)C)C(C)C)NC1CC=CC1.I. The van der Waals surface area contributed by atoms with E-state index in [9.17, 15) is 0 Å². The molecule has 0 atom stereocenters. The Morgan fingerprint density at radius 2 is 1.76 bits per heavy atom. The molecule has 1 aliphatic rings. The first kappa shape index (κ1) is 20.7. The van der Waals surface area contributed by atoms with Gasteiger partial charge in [0.1, 0.15) is 0 Å². The standard InChI is InChI=1S/C16H32N4.HI/c1-6-17-16(19-15-9-7-8-10-15)18-11-12-20(13(2)3)14(4)5;/h7-8,13-15H,6,9-12H2,1-5H3,(H2,17,18,19);1H. The minimum Gasteiger partial charge on any atom is -0.357 e. The zero-order valence-electron chi connectivity index (χ0n) is 14.2. The first-order valence-electron chi connectivity index (χ1n) is 8.00. The summed E-state index contributed by atoms with van der Waals surface area (Å²) in [6, 6.07) is 1.65. The van der Waals surface area contributed by atoms with Gasteiger partial charge in [0.2, 0.25) is 0 Å². The summed E-state index contributed by atoms with van der Waals surface area (Å²) < 4.78 is 0. The van der Waals surface area contributed by atoms with Crippen LogP contribution >= 0.6 is 24.0 Å². The molecule has 0 saturated carbocycles. The molecule has 0 bridgehead atoms. The molecule has 4 nitrogen and oxygen atoms in total. The minimum atomic E-state index is 0. The van der Waals surface area contributed by atoms with E-state index < -0.39 is 0 Å². The van der Waals surface area contributed by atoms with Crippen LogP contribution < -0.4 is 10.6 Å². The number of nitrogens with one attached hydrogen (secondary N) is 2. The van der Waals surface area contributed by atoms with Gasteiger partial charge in [-0.2, -0.15) is 0 Å². The summed E-state index contributed by atoms with van der Waals surface area (Å²) in [5, 5.41) is 6.84. The van der Waals surface area contributed by atoms with Gasteiger partial charge < -0.3 is 10.6 Å². The molecular weight excluding hydrogens is 375 g/mol. The first-order chi connectivity index (χ1) is 9.54. The van der Waals surface area contributed by atoms with Gasteiger partial charge in [0.25, 0.3) is 0 Å². The van der Waals surface area contributed by atoms with Crippen molar-refractivity contribution in [3.05, 3.63) is 12.2 Å². The normalized spacial score (nSPS) is 15.9. The Kier molecular flexibility index (Phi) is 11.1. The zero-order chi connectivity index (χ0) is 15.0. The van der Waals surface area contributed by atoms with Crippen LogP contribution in [0.4, 0.5) is 0 Å². The second kappa shape index (κ2) is 11.3. The fourth-order valence-corrected chi connectivity index (χ4v) is 2.64. The third-order valence-electron chi connectivity index (χ3n) is 3.65. The fraction of sp³-hybridized carbons (Fsp3) is 0.812. The molecule has 124 valence electrons. The molecule has 0 heterocycles. The molecule has 1 rings (SSSR count). The van der Waals surface area contributed by atoms with Gasteiger partial charge in [-0.25, -0.2) is 0 Å². The van der Waals surface area contributed by atoms with Gasteiger partial charge in [0.15, 0.2) is 5.96 Å². The molecule has 0 aromatic heterocycles. The highest BCUT2D eigenvalue weighted by molar-refractivity contribution is 14.0. The van der Waals surface area contributed by atoms with E-state index in [2.05, 4.69) is 62.3 Å². The van der Waals surface area contributed by atoms with Crippen LogP contribution in [0.25, 0.3) is 0 Å². The third-order valence-corrected chi connectivity index (χ3v) is 3.65.